The number of aliphatic hydroxyl groups is 8. The number of ether oxygens (including phenoxy) is 6. The molecule has 4 amide bonds. The zero-order valence-electron chi connectivity index (χ0n) is 61.9. The lowest BCUT2D eigenvalue weighted by atomic mass is 9.80. The van der Waals surface area contributed by atoms with Crippen LogP contribution >= 0.6 is 34.8 Å². The highest BCUT2D eigenvalue weighted by molar-refractivity contribution is 6.32. The number of halogens is 3. The van der Waals surface area contributed by atoms with Crippen molar-refractivity contribution >= 4 is 75.7 Å². The summed E-state index contributed by atoms with van der Waals surface area (Å²) < 4.78 is 40.0. The number of phenols is 1. The second-order valence-electron chi connectivity index (χ2n) is 30.4. The van der Waals surface area contributed by atoms with Crippen LogP contribution in [0, 0.1) is 23.2 Å². The molecule has 0 spiro atoms. The van der Waals surface area contributed by atoms with Crippen molar-refractivity contribution in [3.63, 3.8) is 0 Å². The summed E-state index contributed by atoms with van der Waals surface area (Å²) in [6.45, 7) is 6.05. The fourth-order valence-corrected chi connectivity index (χ4v) is 16.3. The van der Waals surface area contributed by atoms with E-state index in [1.54, 1.807) is 26.0 Å². The largest absolute Gasteiger partial charge is 0.508 e. The van der Waals surface area contributed by atoms with Gasteiger partial charge in [0.1, 0.15) is 53.5 Å². The number of nitrogens with one attached hydrogen (secondary N) is 6. The first-order chi connectivity index (χ1) is 53.7. The average Bonchev–Trinajstić information content (AvgIpc) is 1.57. The Morgan fingerprint density at radius 1 is 0.735 bits per heavy atom. The van der Waals surface area contributed by atoms with Crippen LogP contribution in [0.3, 0.4) is 0 Å². The van der Waals surface area contributed by atoms with Gasteiger partial charge in [-0.3, -0.25) is 28.8 Å². The average molecular weight is 1610 g/mol. The van der Waals surface area contributed by atoms with E-state index in [4.69, 9.17) is 69.0 Å². The number of carbonyl (C=O) groups is 6. The molecule has 17 atom stereocenters. The lowest BCUT2D eigenvalue weighted by molar-refractivity contribution is -0.334. The predicted molar refractivity (Wildman–Crippen MR) is 411 cm³/mol. The zero-order valence-corrected chi connectivity index (χ0v) is 64.2. The second kappa shape index (κ2) is 33.4. The van der Waals surface area contributed by atoms with Crippen molar-refractivity contribution in [3.8, 4) is 56.8 Å². The highest BCUT2D eigenvalue weighted by Gasteiger charge is 2.53. The van der Waals surface area contributed by atoms with Crippen LogP contribution in [0.4, 0.5) is 0 Å². The summed E-state index contributed by atoms with van der Waals surface area (Å²) in [5.74, 6) is -15.6. The number of carbonyl (C=O) groups excluding carboxylic acids is 6. The van der Waals surface area contributed by atoms with Gasteiger partial charge in [-0.05, 0) is 156 Å². The maximum absolute atomic E-state index is 15.7. The van der Waals surface area contributed by atoms with E-state index in [9.17, 15) is 65.8 Å². The molecule has 0 saturated carbocycles. The van der Waals surface area contributed by atoms with Crippen LogP contribution in [-0.2, 0) is 61.9 Å². The monoisotopic (exact) mass is 1610 g/mol. The van der Waals surface area contributed by atoms with Crippen LogP contribution in [0.5, 0.6) is 34.5 Å². The van der Waals surface area contributed by atoms with Crippen LogP contribution in [0.25, 0.3) is 22.3 Å². The van der Waals surface area contributed by atoms with Gasteiger partial charge in [0.15, 0.2) is 29.7 Å². The topological polar surface area (TPSA) is 450 Å². The Kier molecular flexibility index (Phi) is 24.3. The number of hydrogen-bond acceptors (Lipinski definition) is 24. The Labute approximate surface area is 664 Å². The molecule has 2 fully saturated rings. The van der Waals surface area contributed by atoms with E-state index in [1.807, 2.05) is 50.2 Å². The molecule has 8 aliphatic rings. The van der Waals surface area contributed by atoms with Crippen molar-refractivity contribution < 1.29 is 103 Å². The summed E-state index contributed by atoms with van der Waals surface area (Å²) in [7, 11) is 1.53. The number of primary amides is 1. The molecule has 11 bridgehead atoms. The molecule has 0 radical (unpaired) electrons. The minimum absolute atomic E-state index is 0.0199. The number of nitrogens with two attached hydrogens (primary N) is 1. The van der Waals surface area contributed by atoms with Crippen LogP contribution in [0.15, 0.2) is 127 Å². The number of aliphatic hydroxyl groups excluding tert-OH is 6. The first-order valence-corrected chi connectivity index (χ1v) is 38.1. The lowest BCUT2D eigenvalue weighted by Gasteiger charge is -2.48. The van der Waals surface area contributed by atoms with Crippen LogP contribution < -0.4 is 46.5 Å². The summed E-state index contributed by atoms with van der Waals surface area (Å²) in [5, 5.41) is 132. The quantitative estimate of drug-likeness (QED) is 0.0424. The van der Waals surface area contributed by atoms with E-state index in [-0.39, 0.29) is 103 Å². The van der Waals surface area contributed by atoms with Gasteiger partial charge >= 0.3 is 0 Å². The molecule has 7 aromatic rings. The number of likely N-dealkylation sites (N-methyl/N-ethyl adjacent to an activating group) is 1. The van der Waals surface area contributed by atoms with Gasteiger partial charge < -0.3 is 112 Å². The third kappa shape index (κ3) is 17.1. The Balaban J connectivity index is 0.973. The lowest BCUT2D eigenvalue weighted by Crippen LogP contribution is -2.65. The summed E-state index contributed by atoms with van der Waals surface area (Å²) >= 11 is 20.6. The number of aromatic hydroxyl groups is 1. The molecule has 7 aliphatic heterocycles. The van der Waals surface area contributed by atoms with Gasteiger partial charge in [0.2, 0.25) is 41.5 Å². The first-order valence-electron chi connectivity index (χ1n) is 37.0. The summed E-state index contributed by atoms with van der Waals surface area (Å²) in [6, 6.07) is 27.4. The van der Waals surface area contributed by atoms with Crippen molar-refractivity contribution in [2.75, 3.05) is 13.7 Å². The van der Waals surface area contributed by atoms with Crippen LogP contribution in [-0.4, -0.2) is 167 Å². The minimum Gasteiger partial charge on any atom is -0.508 e. The van der Waals surface area contributed by atoms with Gasteiger partial charge in [0.05, 0.1) is 58.9 Å². The molecular weight excluding hydrogens is 1530 g/mol. The van der Waals surface area contributed by atoms with Gasteiger partial charge in [0, 0.05) is 78.5 Å². The van der Waals surface area contributed by atoms with Crippen LogP contribution in [0.1, 0.15) is 135 Å². The Morgan fingerprint density at radius 2 is 1.37 bits per heavy atom. The zero-order chi connectivity index (χ0) is 81.0. The number of phenolic OH excluding ortho intramolecular Hbond substituents is 1. The van der Waals surface area contributed by atoms with E-state index in [2.05, 4.69) is 26.6 Å². The number of benzene rings is 7. The molecular formula is C82H88Cl3N7O21. The summed E-state index contributed by atoms with van der Waals surface area (Å²) in [6.07, 6.45) is -19.6. The molecule has 31 heteroatoms. The molecule has 0 aromatic heterocycles. The standard InChI is InChI=1S/C82H88Cl3N7O21/c1-36(2)20-57(88-5)79(105)92-69-59(96)25-45(28-65(87)97)77(103)91-68-44-26-62(109-60-18-13-42(23-54(60)84)70(98)51-31-58(95)49(30-56(68)86)41-12-17-52-50(22-41)67-46(34-89-78(51)104)21-48(94)29-53(67)82(52,106)107)74(63(27-44)110-61-19-14-43(71(69)99)24-55(61)85)113-80-75(73(101)72(100)64(35-93)111-80)112-66-32-81(4,76(102)37(3)108-66)90-33-38-6-8-39(9-7-38)40-10-15-47(83)16-11-40/h6-19,21-24,26-27,29,36-37,45,49,51,57,64,66,68-73,75-76,80,86,88,90,93-94,98-102,106-107H,20,25,28,30-35H2,1-5H3,(H2,87,97)(H,89,104)(H,91,103)(H,92,105). The van der Waals surface area contributed by atoms with Gasteiger partial charge in [-0.1, -0.05) is 109 Å². The third-order valence-corrected chi connectivity index (χ3v) is 22.8. The predicted octanol–water partition coefficient (Wildman–Crippen LogP) is 7.24. The van der Waals surface area contributed by atoms with Crippen LogP contribution in [0.2, 0.25) is 15.1 Å². The number of amides is 4. The molecule has 15 rings (SSSR count). The molecule has 17 unspecified atom stereocenters. The number of ketones is 2. The third-order valence-electron chi connectivity index (χ3n) is 22.0. The Morgan fingerprint density at radius 3 is 1.99 bits per heavy atom. The molecule has 7 aromatic carbocycles. The van der Waals surface area contributed by atoms with E-state index in [1.165, 1.54) is 79.8 Å². The molecule has 1 aliphatic carbocycles. The molecule has 2 saturated heterocycles. The van der Waals surface area contributed by atoms with Crippen molar-refractivity contribution in [1.82, 2.24) is 26.6 Å². The normalized spacial score (nSPS) is 27.9. The number of hydrogen-bond donors (Lipinski definition) is 16. The number of rotatable bonds is 16. The molecule has 113 heavy (non-hydrogen) atoms. The minimum atomic E-state index is -2.74. The first kappa shape index (κ1) is 82.0. The fourth-order valence-electron chi connectivity index (χ4n) is 15.8. The summed E-state index contributed by atoms with van der Waals surface area (Å²) in [5.41, 5.74) is 7.03. The SMILES string of the molecule is CNC(CC(C)C)C(=O)NC1C(=O)CC(CC(N)=O)C(=O)NC2C(=N)CC3C(=O)CC(C(=O)NCc4cc(O)cc5c4-c4cc3ccc4C5(O)O)C(O)c3ccc(c(Cl)c3)Oc3cc2cc(c3OC2OC(CO)C(O)C(O)C2OC2CC(C)(NCc3ccc(-c4ccc(Cl)cc4)cc3)C(O)C(C)O2)Oc2ccc(cc2Cl)C1O. The van der Waals surface area contributed by atoms with E-state index >= 15 is 14.4 Å². The number of fused-ring (bicyclic) bond motifs is 12. The smallest absolute Gasteiger partial charge is 0.237 e. The maximum atomic E-state index is 15.7. The Bertz CT molecular complexity index is 4840. The van der Waals surface area contributed by atoms with Gasteiger partial charge in [-0.2, -0.15) is 0 Å². The molecule has 17 N–H and O–H groups in total. The van der Waals surface area contributed by atoms with Crippen molar-refractivity contribution in [1.29, 1.82) is 5.41 Å². The molecule has 28 nitrogen and oxygen atoms in total. The highest BCUT2D eigenvalue weighted by Crippen LogP contribution is 2.53. The van der Waals surface area contributed by atoms with E-state index in [0.717, 1.165) is 22.8 Å². The fraction of sp³-hybridized carbons (Fsp3) is 0.402. The maximum Gasteiger partial charge on any atom is 0.237 e. The Hall–Kier alpha value is -9.02. The summed E-state index contributed by atoms with van der Waals surface area (Å²) in [4.78, 5) is 89.0. The van der Waals surface area contributed by atoms with Crippen molar-refractivity contribution in [3.05, 3.63) is 187 Å². The van der Waals surface area contributed by atoms with E-state index < -0.39 is 205 Å². The van der Waals surface area contributed by atoms with Crippen molar-refractivity contribution in [2.45, 2.75) is 176 Å². The van der Waals surface area contributed by atoms with Gasteiger partial charge in [-0.25, -0.2) is 0 Å². The molecule has 598 valence electrons. The van der Waals surface area contributed by atoms with Gasteiger partial charge in [-0.15, -0.1) is 0 Å². The van der Waals surface area contributed by atoms with E-state index in [0.29, 0.717) is 5.02 Å². The van der Waals surface area contributed by atoms with Crippen molar-refractivity contribution in [2.24, 2.45) is 23.5 Å². The molecule has 7 heterocycles. The number of Topliss-reactive ketones (excluding diaryl/α,β-unsaturated/α-hetero) is 2. The highest BCUT2D eigenvalue weighted by atomic mass is 35.5. The second-order valence-corrected chi connectivity index (χ2v) is 31.6. The van der Waals surface area contributed by atoms with Gasteiger partial charge in [0.25, 0.3) is 0 Å².